The standard InChI is InChI=1S/C20H18N7O/c1-2-16(13-21-5-1)23-19-11-17(14-3-4-15-12-22-26-18(15)10-14)24-20(25-19)27-6-8-28-9-7-27/h1-4,10-13H,6-9H2,(H,22,26)(H,23,24,25). The number of benzene rings is 1. The van der Waals surface area contributed by atoms with E-state index in [1.54, 1.807) is 12.3 Å². The molecule has 139 valence electrons. The SMILES string of the molecule is [c]1ccc(Nc2cc(-c3ccc4cn[nH]c4c3)nc(N3CCOCC3)n2)cn1. The molecule has 8 heteroatoms. The van der Waals surface area contributed by atoms with E-state index in [2.05, 4.69) is 37.7 Å². The molecule has 2 N–H and O–H groups in total. The molecule has 8 nitrogen and oxygen atoms in total. The first-order valence-electron chi connectivity index (χ1n) is 9.09. The number of aromatic amines is 1. The van der Waals surface area contributed by atoms with Gasteiger partial charge in [-0.1, -0.05) is 12.1 Å². The number of H-pyrrole nitrogens is 1. The Balaban J connectivity index is 1.57. The van der Waals surface area contributed by atoms with Crippen molar-refractivity contribution in [1.29, 1.82) is 0 Å². The predicted octanol–water partition coefficient (Wildman–Crippen LogP) is 2.80. The first-order valence-corrected chi connectivity index (χ1v) is 9.09. The van der Waals surface area contributed by atoms with E-state index in [9.17, 15) is 0 Å². The average molecular weight is 372 g/mol. The van der Waals surface area contributed by atoms with Gasteiger partial charge in [0.2, 0.25) is 5.95 Å². The van der Waals surface area contributed by atoms with Crippen LogP contribution >= 0.6 is 0 Å². The minimum Gasteiger partial charge on any atom is -0.378 e. The summed E-state index contributed by atoms with van der Waals surface area (Å²) in [5.41, 5.74) is 3.66. The summed E-state index contributed by atoms with van der Waals surface area (Å²) in [7, 11) is 0. The summed E-state index contributed by atoms with van der Waals surface area (Å²) in [6.07, 6.45) is 6.30. The van der Waals surface area contributed by atoms with Crippen molar-refractivity contribution >= 4 is 28.4 Å². The molecule has 4 aromatic rings. The third kappa shape index (κ3) is 3.37. The summed E-state index contributed by atoms with van der Waals surface area (Å²) in [5, 5.41) is 11.5. The third-order valence-electron chi connectivity index (χ3n) is 4.63. The molecule has 0 atom stereocenters. The molecular formula is C20H18N7O. The lowest BCUT2D eigenvalue weighted by atomic mass is 10.1. The highest BCUT2D eigenvalue weighted by Gasteiger charge is 2.17. The quantitative estimate of drug-likeness (QED) is 0.569. The Kier molecular flexibility index (Phi) is 4.30. The van der Waals surface area contributed by atoms with Gasteiger partial charge in [0.1, 0.15) is 5.82 Å². The molecule has 4 heterocycles. The predicted molar refractivity (Wildman–Crippen MR) is 107 cm³/mol. The summed E-state index contributed by atoms with van der Waals surface area (Å²) < 4.78 is 5.47. The monoisotopic (exact) mass is 372 g/mol. The molecule has 1 aliphatic heterocycles. The van der Waals surface area contributed by atoms with Gasteiger partial charge in [0.05, 0.1) is 48.7 Å². The van der Waals surface area contributed by atoms with E-state index in [1.165, 1.54) is 0 Å². The topological polar surface area (TPSA) is 91.9 Å². The molecule has 0 aliphatic carbocycles. The van der Waals surface area contributed by atoms with Crippen LogP contribution < -0.4 is 10.2 Å². The van der Waals surface area contributed by atoms with Gasteiger partial charge < -0.3 is 15.0 Å². The van der Waals surface area contributed by atoms with Gasteiger partial charge in [0.25, 0.3) is 0 Å². The lowest BCUT2D eigenvalue weighted by Gasteiger charge is -2.27. The second-order valence-corrected chi connectivity index (χ2v) is 6.51. The molecule has 0 spiro atoms. The molecule has 0 unspecified atom stereocenters. The van der Waals surface area contributed by atoms with Crippen LogP contribution in [0.15, 0.2) is 48.8 Å². The highest BCUT2D eigenvalue weighted by Crippen LogP contribution is 2.27. The maximum absolute atomic E-state index is 5.47. The normalized spacial score (nSPS) is 14.4. The Morgan fingerprint density at radius 3 is 2.86 bits per heavy atom. The number of aromatic nitrogens is 5. The van der Waals surface area contributed by atoms with Crippen LogP contribution in [0.5, 0.6) is 0 Å². The maximum atomic E-state index is 5.47. The minimum absolute atomic E-state index is 0.675. The number of ether oxygens (including phenoxy) is 1. The number of anilines is 3. The van der Waals surface area contributed by atoms with Crippen LogP contribution in [0, 0.1) is 6.20 Å². The Morgan fingerprint density at radius 2 is 2.00 bits per heavy atom. The number of morpholine rings is 1. The summed E-state index contributed by atoms with van der Waals surface area (Å²) in [6.45, 7) is 2.89. The molecule has 1 fully saturated rings. The summed E-state index contributed by atoms with van der Waals surface area (Å²) in [5.74, 6) is 1.40. The lowest BCUT2D eigenvalue weighted by Crippen LogP contribution is -2.37. The number of hydrogen-bond acceptors (Lipinski definition) is 7. The Morgan fingerprint density at radius 1 is 1.07 bits per heavy atom. The lowest BCUT2D eigenvalue weighted by molar-refractivity contribution is 0.122. The zero-order valence-electron chi connectivity index (χ0n) is 15.1. The van der Waals surface area contributed by atoms with Crippen molar-refractivity contribution in [1.82, 2.24) is 25.1 Å². The Hall–Kier alpha value is -3.52. The van der Waals surface area contributed by atoms with Crippen molar-refractivity contribution in [3.63, 3.8) is 0 Å². The fourth-order valence-corrected chi connectivity index (χ4v) is 3.19. The molecule has 28 heavy (non-hydrogen) atoms. The molecule has 1 saturated heterocycles. The molecule has 0 amide bonds. The molecule has 1 aromatic carbocycles. The molecule has 3 aromatic heterocycles. The van der Waals surface area contributed by atoms with Gasteiger partial charge >= 0.3 is 0 Å². The van der Waals surface area contributed by atoms with E-state index in [-0.39, 0.29) is 0 Å². The van der Waals surface area contributed by atoms with Crippen molar-refractivity contribution in [2.45, 2.75) is 0 Å². The molecule has 0 saturated carbocycles. The van der Waals surface area contributed by atoms with Crippen LogP contribution in [0.1, 0.15) is 0 Å². The van der Waals surface area contributed by atoms with Crippen molar-refractivity contribution in [2.75, 3.05) is 36.5 Å². The van der Waals surface area contributed by atoms with Crippen LogP contribution in [0.2, 0.25) is 0 Å². The zero-order valence-corrected chi connectivity index (χ0v) is 15.1. The number of rotatable bonds is 4. The first kappa shape index (κ1) is 16.6. The van der Waals surface area contributed by atoms with Gasteiger partial charge in [-0.3, -0.25) is 10.1 Å². The van der Waals surface area contributed by atoms with Gasteiger partial charge in [0.15, 0.2) is 0 Å². The van der Waals surface area contributed by atoms with Crippen LogP contribution in [-0.4, -0.2) is 51.5 Å². The van der Waals surface area contributed by atoms with Crippen molar-refractivity contribution in [3.05, 3.63) is 55.0 Å². The van der Waals surface area contributed by atoms with Crippen LogP contribution in [-0.2, 0) is 4.74 Å². The Bertz CT molecular complexity index is 1090. The number of fused-ring (bicyclic) bond motifs is 1. The number of nitrogens with zero attached hydrogens (tertiary/aromatic N) is 5. The highest BCUT2D eigenvalue weighted by molar-refractivity contribution is 5.83. The number of pyridine rings is 1. The first-order chi connectivity index (χ1) is 13.8. The Labute approximate surface area is 161 Å². The molecular weight excluding hydrogens is 354 g/mol. The fraction of sp³-hybridized carbons (Fsp3) is 0.200. The highest BCUT2D eigenvalue weighted by atomic mass is 16.5. The molecule has 1 radical (unpaired) electrons. The summed E-state index contributed by atoms with van der Waals surface area (Å²) in [6, 6.07) is 11.7. The van der Waals surface area contributed by atoms with E-state index in [4.69, 9.17) is 14.7 Å². The molecule has 5 rings (SSSR count). The fourth-order valence-electron chi connectivity index (χ4n) is 3.19. The van der Waals surface area contributed by atoms with Gasteiger partial charge in [-0.05, 0) is 18.2 Å². The zero-order chi connectivity index (χ0) is 18.8. The van der Waals surface area contributed by atoms with E-state index in [0.717, 1.165) is 40.9 Å². The van der Waals surface area contributed by atoms with E-state index in [1.807, 2.05) is 30.5 Å². The van der Waals surface area contributed by atoms with Crippen molar-refractivity contribution < 1.29 is 4.74 Å². The summed E-state index contributed by atoms with van der Waals surface area (Å²) >= 11 is 0. The van der Waals surface area contributed by atoms with E-state index < -0.39 is 0 Å². The van der Waals surface area contributed by atoms with Crippen molar-refractivity contribution in [3.8, 4) is 11.3 Å². The maximum Gasteiger partial charge on any atom is 0.228 e. The smallest absolute Gasteiger partial charge is 0.228 e. The van der Waals surface area contributed by atoms with Gasteiger partial charge in [-0.2, -0.15) is 10.1 Å². The largest absolute Gasteiger partial charge is 0.378 e. The molecule has 1 aliphatic rings. The number of hydrogen-bond donors (Lipinski definition) is 2. The second kappa shape index (κ2) is 7.24. The summed E-state index contributed by atoms with van der Waals surface area (Å²) in [4.78, 5) is 15.7. The molecule has 0 bridgehead atoms. The van der Waals surface area contributed by atoms with Crippen molar-refractivity contribution in [2.24, 2.45) is 0 Å². The van der Waals surface area contributed by atoms with Crippen LogP contribution in [0.4, 0.5) is 17.5 Å². The van der Waals surface area contributed by atoms with Gasteiger partial charge in [-0.15, -0.1) is 0 Å². The van der Waals surface area contributed by atoms with E-state index in [0.29, 0.717) is 25.0 Å². The van der Waals surface area contributed by atoms with Gasteiger partial charge in [0, 0.05) is 30.1 Å². The van der Waals surface area contributed by atoms with E-state index >= 15 is 0 Å². The van der Waals surface area contributed by atoms with Crippen LogP contribution in [0.25, 0.3) is 22.2 Å². The number of nitrogens with one attached hydrogen (secondary N) is 2. The van der Waals surface area contributed by atoms with Crippen LogP contribution in [0.3, 0.4) is 0 Å². The van der Waals surface area contributed by atoms with Gasteiger partial charge in [-0.25, -0.2) is 4.98 Å². The minimum atomic E-state index is 0.675. The average Bonchev–Trinajstić information content (AvgIpc) is 3.23. The third-order valence-corrected chi connectivity index (χ3v) is 4.63. The second-order valence-electron chi connectivity index (χ2n) is 6.51.